The zero-order valence-electron chi connectivity index (χ0n) is 18.8. The highest BCUT2D eigenvalue weighted by molar-refractivity contribution is 7.92. The number of amides is 4. The quantitative estimate of drug-likeness (QED) is 0.462. The predicted octanol–water partition coefficient (Wildman–Crippen LogP) is 2.51. The number of rotatable bonds is 6. The molecule has 1 aliphatic carbocycles. The highest BCUT2D eigenvalue weighted by Crippen LogP contribution is 2.35. The number of imide groups is 1. The van der Waals surface area contributed by atoms with E-state index in [0.29, 0.717) is 48.4 Å². The number of carbonyl (C=O) groups is 3. The van der Waals surface area contributed by atoms with Gasteiger partial charge in [-0.1, -0.05) is 6.07 Å². The average molecular weight is 487 g/mol. The van der Waals surface area contributed by atoms with Crippen molar-refractivity contribution in [2.75, 3.05) is 17.1 Å². The van der Waals surface area contributed by atoms with E-state index in [9.17, 15) is 22.8 Å². The lowest BCUT2D eigenvalue weighted by Crippen LogP contribution is -2.50. The van der Waals surface area contributed by atoms with E-state index in [1.54, 1.807) is 43.3 Å². The van der Waals surface area contributed by atoms with Crippen LogP contribution in [0.5, 0.6) is 5.75 Å². The molecule has 4 N–H and O–H groups in total. The molecular formula is C23H26N4O6S. The third-order valence-electron chi connectivity index (χ3n) is 6.31. The van der Waals surface area contributed by atoms with Gasteiger partial charge < -0.3 is 15.4 Å². The minimum absolute atomic E-state index is 0.0501. The van der Waals surface area contributed by atoms with Gasteiger partial charge >= 0.3 is 6.03 Å². The van der Waals surface area contributed by atoms with Gasteiger partial charge in [0.1, 0.15) is 11.3 Å². The van der Waals surface area contributed by atoms with Gasteiger partial charge in [0, 0.05) is 17.3 Å². The molecule has 4 amide bonds. The van der Waals surface area contributed by atoms with E-state index in [-0.39, 0.29) is 22.6 Å². The maximum absolute atomic E-state index is 13.0. The summed E-state index contributed by atoms with van der Waals surface area (Å²) >= 11 is 0. The first kappa shape index (κ1) is 23.6. The van der Waals surface area contributed by atoms with E-state index in [1.807, 2.05) is 0 Å². The maximum atomic E-state index is 13.0. The number of anilines is 2. The Morgan fingerprint density at radius 2 is 1.71 bits per heavy atom. The Balaban J connectivity index is 1.44. The lowest BCUT2D eigenvalue weighted by atomic mass is 9.76. The molecule has 0 unspecified atom stereocenters. The van der Waals surface area contributed by atoms with Gasteiger partial charge in [0.15, 0.2) is 0 Å². The number of hydrogen-bond acceptors (Lipinski definition) is 6. The SMILES string of the molecule is COc1ccc(NS(=O)(=O)c2cc(NC(=O)C3CCC4(CC3)NC(=O)NC4=O)ccc2C)cc1. The van der Waals surface area contributed by atoms with E-state index in [4.69, 9.17) is 4.74 Å². The summed E-state index contributed by atoms with van der Waals surface area (Å²) in [5, 5.41) is 7.72. The van der Waals surface area contributed by atoms with Crippen LogP contribution in [0, 0.1) is 12.8 Å². The molecule has 4 rings (SSSR count). The second-order valence-corrected chi connectivity index (χ2v) is 10.2. The minimum Gasteiger partial charge on any atom is -0.497 e. The third kappa shape index (κ3) is 4.69. The van der Waals surface area contributed by atoms with Crippen LogP contribution < -0.4 is 25.4 Å². The minimum atomic E-state index is -3.90. The van der Waals surface area contributed by atoms with Gasteiger partial charge in [-0.05, 0) is 74.6 Å². The molecule has 2 aliphatic rings. The summed E-state index contributed by atoms with van der Waals surface area (Å²) in [6, 6.07) is 10.7. The number of carbonyl (C=O) groups excluding carboxylic acids is 3. The summed E-state index contributed by atoms with van der Waals surface area (Å²) in [5.41, 5.74) is 0.333. The summed E-state index contributed by atoms with van der Waals surface area (Å²) in [4.78, 5) is 36.5. The van der Waals surface area contributed by atoms with Crippen LogP contribution in [0.4, 0.5) is 16.2 Å². The molecule has 1 heterocycles. The van der Waals surface area contributed by atoms with Gasteiger partial charge in [-0.3, -0.25) is 19.6 Å². The van der Waals surface area contributed by atoms with Crippen LogP contribution in [0.3, 0.4) is 0 Å². The Morgan fingerprint density at radius 3 is 2.29 bits per heavy atom. The molecule has 2 aromatic rings. The molecule has 1 saturated heterocycles. The number of sulfonamides is 1. The molecule has 0 radical (unpaired) electrons. The number of aryl methyl sites for hydroxylation is 1. The van der Waals surface area contributed by atoms with Crippen molar-refractivity contribution < 1.29 is 27.5 Å². The van der Waals surface area contributed by atoms with Crippen molar-refractivity contribution in [3.05, 3.63) is 48.0 Å². The summed E-state index contributed by atoms with van der Waals surface area (Å²) in [5.74, 6) is -0.355. The molecule has 10 nitrogen and oxygen atoms in total. The number of benzene rings is 2. The molecule has 1 aliphatic heterocycles. The topological polar surface area (TPSA) is 143 Å². The molecule has 11 heteroatoms. The molecule has 1 saturated carbocycles. The molecule has 0 bridgehead atoms. The summed E-state index contributed by atoms with van der Waals surface area (Å²) in [7, 11) is -2.38. The first-order valence-electron chi connectivity index (χ1n) is 10.8. The number of ether oxygens (including phenoxy) is 1. The Hall–Kier alpha value is -3.60. The van der Waals surface area contributed by atoms with Gasteiger partial charge in [-0.25, -0.2) is 13.2 Å². The van der Waals surface area contributed by atoms with Gasteiger partial charge in [-0.2, -0.15) is 0 Å². The molecule has 34 heavy (non-hydrogen) atoms. The van der Waals surface area contributed by atoms with Crippen molar-refractivity contribution >= 4 is 39.2 Å². The summed E-state index contributed by atoms with van der Waals surface area (Å²) in [6.45, 7) is 1.68. The van der Waals surface area contributed by atoms with Crippen LogP contribution in [0.2, 0.25) is 0 Å². The molecule has 2 aromatic carbocycles. The second kappa shape index (κ2) is 8.98. The van der Waals surface area contributed by atoms with E-state index in [0.717, 1.165) is 0 Å². The molecule has 2 fully saturated rings. The normalized spacial score (nSPS) is 22.1. The van der Waals surface area contributed by atoms with Gasteiger partial charge in [-0.15, -0.1) is 0 Å². The lowest BCUT2D eigenvalue weighted by Gasteiger charge is -2.33. The zero-order valence-corrected chi connectivity index (χ0v) is 19.6. The van der Waals surface area contributed by atoms with Crippen LogP contribution in [-0.4, -0.2) is 38.9 Å². The van der Waals surface area contributed by atoms with Crippen molar-refractivity contribution in [2.24, 2.45) is 5.92 Å². The number of nitrogens with one attached hydrogen (secondary N) is 4. The van der Waals surface area contributed by atoms with Crippen molar-refractivity contribution in [1.29, 1.82) is 0 Å². The molecule has 180 valence electrons. The van der Waals surface area contributed by atoms with Crippen LogP contribution in [0.25, 0.3) is 0 Å². The van der Waals surface area contributed by atoms with Gasteiger partial charge in [0.2, 0.25) is 5.91 Å². The van der Waals surface area contributed by atoms with Crippen molar-refractivity contribution in [2.45, 2.75) is 43.0 Å². The van der Waals surface area contributed by atoms with Crippen LogP contribution >= 0.6 is 0 Å². The van der Waals surface area contributed by atoms with Crippen LogP contribution in [0.1, 0.15) is 31.2 Å². The summed E-state index contributed by atoms with van der Waals surface area (Å²) < 4.78 is 33.6. The number of hydrogen-bond donors (Lipinski definition) is 4. The van der Waals surface area contributed by atoms with Crippen LogP contribution in [0.15, 0.2) is 47.4 Å². The fourth-order valence-electron chi connectivity index (χ4n) is 4.33. The first-order chi connectivity index (χ1) is 16.1. The largest absolute Gasteiger partial charge is 0.497 e. The molecular weight excluding hydrogens is 460 g/mol. The number of methoxy groups -OCH3 is 1. The van der Waals surface area contributed by atoms with Gasteiger partial charge in [0.05, 0.1) is 12.0 Å². The second-order valence-electron chi connectivity index (χ2n) is 8.57. The fraction of sp³-hybridized carbons (Fsp3) is 0.348. The zero-order chi connectivity index (χ0) is 24.5. The highest BCUT2D eigenvalue weighted by Gasteiger charge is 2.48. The Morgan fingerprint density at radius 1 is 1.06 bits per heavy atom. The van der Waals surface area contributed by atoms with E-state index in [2.05, 4.69) is 20.7 Å². The highest BCUT2D eigenvalue weighted by atomic mass is 32.2. The predicted molar refractivity (Wildman–Crippen MR) is 125 cm³/mol. The van der Waals surface area contributed by atoms with Crippen molar-refractivity contribution in [1.82, 2.24) is 10.6 Å². The summed E-state index contributed by atoms with van der Waals surface area (Å²) in [6.07, 6.45) is 1.58. The van der Waals surface area contributed by atoms with Gasteiger partial charge in [0.25, 0.3) is 15.9 Å². The molecule has 0 aromatic heterocycles. The van der Waals surface area contributed by atoms with E-state index >= 15 is 0 Å². The Kier molecular flexibility index (Phi) is 6.22. The van der Waals surface area contributed by atoms with E-state index in [1.165, 1.54) is 13.2 Å². The smallest absolute Gasteiger partial charge is 0.322 e. The standard InChI is InChI=1S/C23H26N4O6S/c1-14-3-4-17(13-19(14)34(31,32)27-16-5-7-18(33-2)8-6-16)24-20(28)15-9-11-23(12-10-15)21(29)25-22(30)26-23/h3-8,13,15,27H,9-12H2,1-2H3,(H,24,28)(H2,25,26,29,30). The average Bonchev–Trinajstić information content (AvgIpc) is 3.07. The van der Waals surface area contributed by atoms with E-state index < -0.39 is 21.6 Å². The lowest BCUT2D eigenvalue weighted by molar-refractivity contribution is -0.128. The maximum Gasteiger partial charge on any atom is 0.322 e. The van der Waals surface area contributed by atoms with Crippen molar-refractivity contribution in [3.8, 4) is 5.75 Å². The monoisotopic (exact) mass is 486 g/mol. The molecule has 1 spiro atoms. The number of urea groups is 1. The third-order valence-corrected chi connectivity index (χ3v) is 7.84. The first-order valence-corrected chi connectivity index (χ1v) is 12.3. The Labute approximate surface area is 197 Å². The van der Waals surface area contributed by atoms with Crippen molar-refractivity contribution in [3.63, 3.8) is 0 Å². The Bertz CT molecular complexity index is 1230. The molecule has 0 atom stereocenters. The fourth-order valence-corrected chi connectivity index (χ4v) is 5.66. The van der Waals surface area contributed by atoms with Crippen LogP contribution in [-0.2, 0) is 19.6 Å².